The molecule has 0 saturated heterocycles. The van der Waals surface area contributed by atoms with Crippen molar-refractivity contribution >= 4 is 53.7 Å². The van der Waals surface area contributed by atoms with Gasteiger partial charge in [0.05, 0.1) is 11.0 Å². The van der Waals surface area contributed by atoms with Gasteiger partial charge in [0, 0.05) is 25.4 Å². The highest BCUT2D eigenvalue weighted by atomic mass is 79.9. The SMILES string of the molecule is Brc1cc(-c2ccccc2)cc(-c2ccccc2)c1.Brc1ccc(-n2c3ccccc3c3ccccc32)cc1. The monoisotopic (exact) mass is 629 g/mol. The van der Waals surface area contributed by atoms with E-state index >= 15 is 0 Å². The number of fused-ring (bicyclic) bond motifs is 3. The van der Waals surface area contributed by atoms with E-state index in [0.717, 1.165) is 8.95 Å². The fourth-order valence-corrected chi connectivity index (χ4v) is 5.73. The van der Waals surface area contributed by atoms with Gasteiger partial charge in [-0.2, -0.15) is 0 Å². The van der Waals surface area contributed by atoms with Crippen LogP contribution in [0.3, 0.4) is 0 Å². The normalized spacial score (nSPS) is 10.8. The molecule has 0 unspecified atom stereocenters. The van der Waals surface area contributed by atoms with Gasteiger partial charge >= 0.3 is 0 Å². The second kappa shape index (κ2) is 11.4. The Bertz CT molecular complexity index is 1740. The van der Waals surface area contributed by atoms with E-state index in [1.54, 1.807) is 0 Å². The number of para-hydroxylation sites is 2. The zero-order valence-electron chi connectivity index (χ0n) is 21.1. The average Bonchev–Trinajstić information content (AvgIpc) is 3.33. The van der Waals surface area contributed by atoms with Gasteiger partial charge in [-0.05, 0) is 76.9 Å². The zero-order chi connectivity index (χ0) is 26.6. The maximum Gasteiger partial charge on any atom is 0.0541 e. The smallest absolute Gasteiger partial charge is 0.0541 e. The molecule has 0 saturated carbocycles. The molecule has 7 rings (SSSR count). The van der Waals surface area contributed by atoms with Crippen LogP contribution in [0.1, 0.15) is 0 Å². The fourth-order valence-electron chi connectivity index (χ4n) is 4.98. The first-order valence-corrected chi connectivity index (χ1v) is 14.4. The molecule has 0 atom stereocenters. The second-order valence-electron chi connectivity index (χ2n) is 9.31. The molecule has 6 aromatic carbocycles. The molecular weight excluding hydrogens is 606 g/mol. The number of aromatic nitrogens is 1. The summed E-state index contributed by atoms with van der Waals surface area (Å²) in [6.45, 7) is 0. The van der Waals surface area contributed by atoms with Crippen LogP contribution in [-0.4, -0.2) is 4.57 Å². The van der Waals surface area contributed by atoms with Crippen molar-refractivity contribution in [2.75, 3.05) is 0 Å². The first-order chi connectivity index (χ1) is 19.2. The second-order valence-corrected chi connectivity index (χ2v) is 11.1. The lowest BCUT2D eigenvalue weighted by Gasteiger charge is -2.07. The molecule has 3 heteroatoms. The Morgan fingerprint density at radius 3 is 1.28 bits per heavy atom. The minimum Gasteiger partial charge on any atom is -0.309 e. The number of rotatable bonds is 3. The molecule has 1 heterocycles. The van der Waals surface area contributed by atoms with Crippen LogP contribution in [0.5, 0.6) is 0 Å². The molecule has 0 spiro atoms. The van der Waals surface area contributed by atoms with Crippen molar-refractivity contribution in [2.24, 2.45) is 0 Å². The molecule has 39 heavy (non-hydrogen) atoms. The zero-order valence-corrected chi connectivity index (χ0v) is 24.3. The molecule has 0 aliphatic rings. The van der Waals surface area contributed by atoms with E-state index in [4.69, 9.17) is 0 Å². The minimum absolute atomic E-state index is 1.10. The summed E-state index contributed by atoms with van der Waals surface area (Å²) in [6.07, 6.45) is 0. The van der Waals surface area contributed by atoms with E-state index in [2.05, 4.69) is 176 Å². The van der Waals surface area contributed by atoms with Gasteiger partial charge in [-0.25, -0.2) is 0 Å². The first kappa shape index (κ1) is 25.4. The Kier molecular flexibility index (Phi) is 7.44. The number of benzene rings is 6. The molecule has 1 nitrogen and oxygen atoms in total. The van der Waals surface area contributed by atoms with Gasteiger partial charge in [0.25, 0.3) is 0 Å². The lowest BCUT2D eigenvalue weighted by molar-refractivity contribution is 1.18. The van der Waals surface area contributed by atoms with Crippen molar-refractivity contribution in [2.45, 2.75) is 0 Å². The Morgan fingerprint density at radius 2 is 0.795 bits per heavy atom. The van der Waals surface area contributed by atoms with E-state index < -0.39 is 0 Å². The van der Waals surface area contributed by atoms with E-state index in [9.17, 15) is 0 Å². The Hall–Kier alpha value is -3.92. The largest absolute Gasteiger partial charge is 0.309 e. The highest BCUT2D eigenvalue weighted by Crippen LogP contribution is 2.32. The lowest BCUT2D eigenvalue weighted by atomic mass is 9.99. The average molecular weight is 631 g/mol. The maximum absolute atomic E-state index is 3.61. The summed E-state index contributed by atoms with van der Waals surface area (Å²) in [7, 11) is 0. The summed E-state index contributed by atoms with van der Waals surface area (Å²) in [4.78, 5) is 0. The van der Waals surface area contributed by atoms with Crippen LogP contribution in [0.2, 0.25) is 0 Å². The van der Waals surface area contributed by atoms with Gasteiger partial charge in [0.1, 0.15) is 0 Å². The quantitative estimate of drug-likeness (QED) is 0.183. The van der Waals surface area contributed by atoms with E-state index in [1.807, 2.05) is 12.1 Å². The van der Waals surface area contributed by atoms with Crippen LogP contribution in [0.25, 0.3) is 49.7 Å². The van der Waals surface area contributed by atoms with Crippen molar-refractivity contribution in [1.82, 2.24) is 4.57 Å². The standard InChI is InChI=1S/C18H12BrN.C18H13Br/c19-13-9-11-14(12-10-13)20-17-7-3-1-5-15(17)16-6-2-4-8-18(16)20;19-18-12-16(14-7-3-1-4-8-14)11-17(13-18)15-9-5-2-6-10-15/h1-12H;1-13H. The van der Waals surface area contributed by atoms with Crippen molar-refractivity contribution < 1.29 is 0 Å². The third-order valence-corrected chi connectivity index (χ3v) is 7.76. The number of hydrogen-bond acceptors (Lipinski definition) is 0. The molecule has 0 bridgehead atoms. The van der Waals surface area contributed by atoms with Crippen LogP contribution in [0.4, 0.5) is 0 Å². The molecule has 0 aliphatic heterocycles. The van der Waals surface area contributed by atoms with Crippen LogP contribution in [0.15, 0.2) is 161 Å². The maximum atomic E-state index is 3.61. The lowest BCUT2D eigenvalue weighted by Crippen LogP contribution is -1.92. The molecule has 0 N–H and O–H groups in total. The van der Waals surface area contributed by atoms with E-state index in [0.29, 0.717) is 0 Å². The third kappa shape index (κ3) is 5.47. The van der Waals surface area contributed by atoms with E-state index in [-0.39, 0.29) is 0 Å². The van der Waals surface area contributed by atoms with Crippen molar-refractivity contribution in [3.63, 3.8) is 0 Å². The van der Waals surface area contributed by atoms with Gasteiger partial charge in [0.15, 0.2) is 0 Å². The van der Waals surface area contributed by atoms with Crippen LogP contribution in [-0.2, 0) is 0 Å². The van der Waals surface area contributed by atoms with Crippen LogP contribution in [0, 0.1) is 0 Å². The van der Waals surface area contributed by atoms with Gasteiger partial charge < -0.3 is 4.57 Å². The summed E-state index contributed by atoms with van der Waals surface area (Å²) >= 11 is 7.11. The van der Waals surface area contributed by atoms with Crippen molar-refractivity contribution in [1.29, 1.82) is 0 Å². The minimum atomic E-state index is 1.10. The predicted octanol–water partition coefficient (Wildman–Crippen LogP) is 11.3. The summed E-state index contributed by atoms with van der Waals surface area (Å²) in [5, 5.41) is 2.59. The number of halogens is 2. The van der Waals surface area contributed by atoms with Crippen molar-refractivity contribution in [3.05, 3.63) is 161 Å². The van der Waals surface area contributed by atoms with Gasteiger partial charge in [-0.1, -0.05) is 129 Å². The van der Waals surface area contributed by atoms with Gasteiger partial charge in [-0.15, -0.1) is 0 Å². The molecule has 0 aliphatic carbocycles. The Balaban J connectivity index is 0.000000142. The molecule has 0 fully saturated rings. The fraction of sp³-hybridized carbons (Fsp3) is 0. The highest BCUT2D eigenvalue weighted by molar-refractivity contribution is 9.10. The van der Waals surface area contributed by atoms with Crippen LogP contribution >= 0.6 is 31.9 Å². The van der Waals surface area contributed by atoms with Gasteiger partial charge in [0.2, 0.25) is 0 Å². The number of nitrogens with zero attached hydrogens (tertiary/aromatic N) is 1. The molecule has 188 valence electrons. The first-order valence-electron chi connectivity index (χ1n) is 12.8. The summed E-state index contributed by atoms with van der Waals surface area (Å²) in [5.41, 5.74) is 8.61. The van der Waals surface area contributed by atoms with Crippen LogP contribution < -0.4 is 0 Å². The third-order valence-electron chi connectivity index (χ3n) is 6.78. The summed E-state index contributed by atoms with van der Waals surface area (Å²) in [5.74, 6) is 0. The van der Waals surface area contributed by atoms with Gasteiger partial charge in [-0.3, -0.25) is 0 Å². The molecule has 0 radical (unpaired) electrons. The Morgan fingerprint density at radius 1 is 0.359 bits per heavy atom. The summed E-state index contributed by atoms with van der Waals surface area (Å²) < 4.78 is 4.52. The molecule has 1 aromatic heterocycles. The van der Waals surface area contributed by atoms with Crippen molar-refractivity contribution in [3.8, 4) is 27.9 Å². The molecule has 7 aromatic rings. The predicted molar refractivity (Wildman–Crippen MR) is 173 cm³/mol. The Labute approximate surface area is 245 Å². The molecule has 0 amide bonds. The number of hydrogen-bond donors (Lipinski definition) is 0. The summed E-state index contributed by atoms with van der Waals surface area (Å²) in [6, 6.07) is 53.0. The van der Waals surface area contributed by atoms with E-state index in [1.165, 1.54) is 49.7 Å². The highest BCUT2D eigenvalue weighted by Gasteiger charge is 2.10. The topological polar surface area (TPSA) is 4.93 Å². The molecular formula is C36H25Br2N.